The van der Waals surface area contributed by atoms with Gasteiger partial charge in [-0.3, -0.25) is 0 Å². The van der Waals surface area contributed by atoms with Gasteiger partial charge in [-0.25, -0.2) is 0 Å². The molecule has 272 valence electrons. The van der Waals surface area contributed by atoms with E-state index in [0.29, 0.717) is 0 Å². The molecule has 0 fully saturated rings. The number of nitrogens with zero attached hydrogens (tertiary/aromatic N) is 2. The van der Waals surface area contributed by atoms with Gasteiger partial charge in [-0.1, -0.05) is 145 Å². The number of anilines is 6. The molecule has 0 N–H and O–H groups in total. The predicted octanol–water partition coefficient (Wildman–Crippen LogP) is 16.3. The molecule has 0 aromatic heterocycles. The van der Waals surface area contributed by atoms with Gasteiger partial charge in [0.25, 0.3) is 0 Å². The van der Waals surface area contributed by atoms with E-state index in [9.17, 15) is 0 Å². The maximum Gasteiger partial charge on any atom is 0.0473 e. The molecule has 10 aromatic rings. The van der Waals surface area contributed by atoms with Gasteiger partial charge in [0.2, 0.25) is 0 Å². The highest BCUT2D eigenvalue weighted by molar-refractivity contribution is 8.00. The Morgan fingerprint density at radius 1 is 0.241 bits per heavy atom. The largest absolute Gasteiger partial charge is 0.310 e. The summed E-state index contributed by atoms with van der Waals surface area (Å²) in [7, 11) is 0. The summed E-state index contributed by atoms with van der Waals surface area (Å²) in [5.74, 6) is 0. The molecule has 0 saturated heterocycles. The maximum atomic E-state index is 2.38. The van der Waals surface area contributed by atoms with Crippen LogP contribution in [-0.4, -0.2) is 0 Å². The van der Waals surface area contributed by atoms with E-state index in [2.05, 4.69) is 216 Å². The first-order valence-electron chi connectivity index (χ1n) is 19.7. The average molecular weight is 775 g/mol. The van der Waals surface area contributed by atoms with Crippen molar-refractivity contribution in [1.29, 1.82) is 0 Å². The van der Waals surface area contributed by atoms with Crippen molar-refractivity contribution < 1.29 is 0 Å². The zero-order valence-corrected chi connectivity index (χ0v) is 33.0. The number of benzene rings is 10. The fourth-order valence-electron chi connectivity index (χ4n) is 8.88. The molecule has 0 spiro atoms. The number of fused-ring (bicyclic) bond motifs is 6. The molecular weight excluding hydrogens is 741 g/mol. The molecule has 2 nitrogen and oxygen atoms in total. The summed E-state index contributed by atoms with van der Waals surface area (Å²) in [6.07, 6.45) is 0. The lowest BCUT2D eigenvalue weighted by Crippen LogP contribution is -2.10. The SMILES string of the molecule is c1ccc(N(c2ccc3c(c2)Sc2ccc4c5c(ccc-3c25)-c2ccc(N(c3ccccc3)c3ccc5ccccc5c3)cc2S4)c2ccc3ccccc3c2)cc1. The Hall–Kier alpha value is -6.72. The minimum atomic E-state index is 1.14. The van der Waals surface area contributed by atoms with Crippen LogP contribution in [0.1, 0.15) is 0 Å². The fourth-order valence-corrected chi connectivity index (χ4v) is 11.2. The second kappa shape index (κ2) is 13.5. The highest BCUT2D eigenvalue weighted by Crippen LogP contribution is 2.57. The van der Waals surface area contributed by atoms with E-state index in [1.165, 1.54) is 74.2 Å². The fraction of sp³-hybridized carbons (Fsp3) is 0. The van der Waals surface area contributed by atoms with Crippen LogP contribution in [0.25, 0.3) is 54.6 Å². The third-order valence-electron chi connectivity index (χ3n) is 11.6. The summed E-state index contributed by atoms with van der Waals surface area (Å²) >= 11 is 3.78. The number of para-hydroxylation sites is 2. The van der Waals surface area contributed by atoms with E-state index in [1.54, 1.807) is 0 Å². The van der Waals surface area contributed by atoms with Gasteiger partial charge in [0.1, 0.15) is 0 Å². The minimum absolute atomic E-state index is 1.14. The molecule has 0 radical (unpaired) electrons. The third kappa shape index (κ3) is 5.44. The van der Waals surface area contributed by atoms with Gasteiger partial charge in [-0.15, -0.1) is 0 Å². The van der Waals surface area contributed by atoms with Crippen molar-refractivity contribution in [1.82, 2.24) is 0 Å². The topological polar surface area (TPSA) is 6.48 Å². The van der Waals surface area contributed by atoms with Gasteiger partial charge in [-0.2, -0.15) is 0 Å². The molecule has 2 aliphatic rings. The second-order valence-electron chi connectivity index (χ2n) is 14.9. The second-order valence-corrected chi connectivity index (χ2v) is 17.1. The molecule has 0 bridgehead atoms. The minimum Gasteiger partial charge on any atom is -0.310 e. The van der Waals surface area contributed by atoms with E-state index < -0.39 is 0 Å². The lowest BCUT2D eigenvalue weighted by molar-refractivity contribution is 1.25. The molecule has 0 unspecified atom stereocenters. The van der Waals surface area contributed by atoms with E-state index in [0.717, 1.165) is 34.1 Å². The molecule has 0 atom stereocenters. The summed E-state index contributed by atoms with van der Waals surface area (Å²) in [5.41, 5.74) is 12.1. The molecule has 4 heteroatoms. The van der Waals surface area contributed by atoms with Gasteiger partial charge in [0.05, 0.1) is 0 Å². The zero-order chi connectivity index (χ0) is 38.2. The summed E-state index contributed by atoms with van der Waals surface area (Å²) in [5, 5.41) is 7.67. The first kappa shape index (κ1) is 33.4. The zero-order valence-electron chi connectivity index (χ0n) is 31.3. The Balaban J connectivity index is 0.949. The molecule has 0 saturated carbocycles. The highest BCUT2D eigenvalue weighted by atomic mass is 32.2. The maximum absolute atomic E-state index is 2.38. The van der Waals surface area contributed by atoms with Crippen molar-refractivity contribution in [3.8, 4) is 22.3 Å². The monoisotopic (exact) mass is 774 g/mol. The first-order chi connectivity index (χ1) is 28.7. The average Bonchev–Trinajstić information content (AvgIpc) is 3.28. The standard InChI is InChI=1S/C54H34N2S2/c1-3-15-39(16-4-1)55(41-21-19-35-11-7-9-13-37(35)31-41)43-23-25-45-47-27-28-48-46-26-24-44(34-52(46)58-50-30-29-49(53(47)54(48)50)57-51(45)33-43)56(40-17-5-2-6-18-40)42-22-20-36-12-8-10-14-38(36)32-42/h1-34H. The van der Waals surface area contributed by atoms with Gasteiger partial charge in [0, 0.05) is 64.5 Å². The van der Waals surface area contributed by atoms with Gasteiger partial charge >= 0.3 is 0 Å². The Bertz CT molecular complexity index is 3030. The Morgan fingerprint density at radius 3 is 1.05 bits per heavy atom. The third-order valence-corrected chi connectivity index (χ3v) is 13.8. The highest BCUT2D eigenvalue weighted by Gasteiger charge is 2.28. The van der Waals surface area contributed by atoms with Gasteiger partial charge < -0.3 is 9.80 Å². The van der Waals surface area contributed by atoms with Crippen molar-refractivity contribution in [2.75, 3.05) is 9.80 Å². The Kier molecular flexibility index (Phi) is 7.75. The van der Waals surface area contributed by atoms with Crippen LogP contribution in [-0.2, 0) is 0 Å². The normalized spacial score (nSPS) is 12.3. The van der Waals surface area contributed by atoms with Crippen molar-refractivity contribution in [2.45, 2.75) is 19.6 Å². The Morgan fingerprint density at radius 2 is 0.603 bits per heavy atom. The number of rotatable bonds is 6. The molecular formula is C54H34N2S2. The van der Waals surface area contributed by atoms with Crippen LogP contribution < -0.4 is 9.80 Å². The number of hydrogen-bond acceptors (Lipinski definition) is 4. The molecule has 0 amide bonds. The van der Waals surface area contributed by atoms with Crippen LogP contribution in [0.2, 0.25) is 0 Å². The van der Waals surface area contributed by atoms with E-state index in [1.807, 2.05) is 23.5 Å². The van der Waals surface area contributed by atoms with Crippen molar-refractivity contribution in [3.05, 3.63) is 206 Å². The molecule has 12 rings (SSSR count). The molecule has 2 heterocycles. The smallest absolute Gasteiger partial charge is 0.0473 e. The van der Waals surface area contributed by atoms with Crippen molar-refractivity contribution >= 4 is 90.0 Å². The lowest BCUT2D eigenvalue weighted by Gasteiger charge is -2.30. The van der Waals surface area contributed by atoms with Gasteiger partial charge in [0.15, 0.2) is 0 Å². The summed E-state index contributed by atoms with van der Waals surface area (Å²) in [6.45, 7) is 0. The van der Waals surface area contributed by atoms with Crippen molar-refractivity contribution in [3.63, 3.8) is 0 Å². The van der Waals surface area contributed by atoms with E-state index >= 15 is 0 Å². The quantitative estimate of drug-likeness (QED) is 0.166. The summed E-state index contributed by atoms with van der Waals surface area (Å²) in [4.78, 5) is 9.93. The van der Waals surface area contributed by atoms with Crippen LogP contribution in [0.3, 0.4) is 0 Å². The number of hydrogen-bond donors (Lipinski definition) is 0. The predicted molar refractivity (Wildman–Crippen MR) is 247 cm³/mol. The van der Waals surface area contributed by atoms with Crippen molar-refractivity contribution in [2.24, 2.45) is 0 Å². The molecule has 10 aromatic carbocycles. The first-order valence-corrected chi connectivity index (χ1v) is 21.3. The van der Waals surface area contributed by atoms with Crippen LogP contribution in [0, 0.1) is 0 Å². The molecule has 58 heavy (non-hydrogen) atoms. The van der Waals surface area contributed by atoms with Crippen LogP contribution in [0.4, 0.5) is 34.1 Å². The molecule has 0 aliphatic carbocycles. The summed E-state index contributed by atoms with van der Waals surface area (Å²) in [6, 6.07) is 75.6. The lowest BCUT2D eigenvalue weighted by atomic mass is 9.91. The Labute approximate surface area is 346 Å². The molecule has 2 aliphatic heterocycles. The summed E-state index contributed by atoms with van der Waals surface area (Å²) < 4.78 is 0. The van der Waals surface area contributed by atoms with E-state index in [-0.39, 0.29) is 0 Å². The van der Waals surface area contributed by atoms with Gasteiger partial charge in [-0.05, 0) is 129 Å². The van der Waals surface area contributed by atoms with Crippen LogP contribution >= 0.6 is 23.5 Å². The van der Waals surface area contributed by atoms with Crippen LogP contribution in [0.15, 0.2) is 226 Å². The van der Waals surface area contributed by atoms with E-state index in [4.69, 9.17) is 0 Å². The van der Waals surface area contributed by atoms with Crippen LogP contribution in [0.5, 0.6) is 0 Å².